The van der Waals surface area contributed by atoms with Gasteiger partial charge < -0.3 is 29.7 Å². The highest BCUT2D eigenvalue weighted by atomic mass is 35.5. The molecule has 0 atom stereocenters. The number of thiophene rings is 1. The van der Waals surface area contributed by atoms with Gasteiger partial charge in [0.2, 0.25) is 5.91 Å². The fourth-order valence-corrected chi connectivity index (χ4v) is 5.64. The molecule has 0 unspecified atom stereocenters. The maximum Gasteiger partial charge on any atom is 0.258 e. The molecule has 1 aliphatic rings. The number of aromatic nitrogens is 3. The predicted octanol–water partition coefficient (Wildman–Crippen LogP) is 4.81. The molecule has 11 nitrogen and oxygen atoms in total. The molecule has 0 saturated carbocycles. The van der Waals surface area contributed by atoms with Crippen LogP contribution in [0.5, 0.6) is 11.5 Å². The van der Waals surface area contributed by atoms with E-state index in [9.17, 15) is 9.59 Å². The Hall–Kier alpha value is -3.71. The predicted molar refractivity (Wildman–Crippen MR) is 154 cm³/mol. The molecule has 0 aliphatic carbocycles. The summed E-state index contributed by atoms with van der Waals surface area (Å²) < 4.78 is 16.5. The van der Waals surface area contributed by atoms with Gasteiger partial charge in [-0.3, -0.25) is 9.59 Å². The molecule has 2 amide bonds. The molecule has 14 heteroatoms. The van der Waals surface area contributed by atoms with E-state index in [2.05, 4.69) is 25.6 Å². The summed E-state index contributed by atoms with van der Waals surface area (Å²) in [4.78, 5) is 40.7. The number of anilines is 3. The summed E-state index contributed by atoms with van der Waals surface area (Å²) >= 11 is 14.1. The zero-order valence-corrected chi connectivity index (χ0v) is 23.8. The molecule has 3 aromatic heterocycles. The van der Waals surface area contributed by atoms with Gasteiger partial charge in [-0.15, -0.1) is 11.3 Å². The zero-order chi connectivity index (χ0) is 28.2. The molecule has 4 heterocycles. The smallest absolute Gasteiger partial charge is 0.258 e. The molecule has 0 spiro atoms. The number of carbonyl (C=O) groups is 2. The lowest BCUT2D eigenvalue weighted by molar-refractivity contribution is -0.134. The van der Waals surface area contributed by atoms with E-state index < -0.39 is 5.91 Å². The van der Waals surface area contributed by atoms with Gasteiger partial charge in [0.05, 0.1) is 55.3 Å². The Balaban J connectivity index is 1.33. The fraction of sp³-hybridized carbons (Fsp3) is 0.269. The number of carbonyl (C=O) groups excluding carboxylic acids is 2. The third-order valence-electron chi connectivity index (χ3n) is 6.20. The SMILES string of the molecule is COc1cc(OC)c(Cl)c(NC(=O)c2csc3c(Nc4ccc(CC(=O)N5CCOCC5)cn4)ncnc23)c1Cl. The van der Waals surface area contributed by atoms with Crippen molar-refractivity contribution in [3.05, 3.63) is 57.3 Å². The van der Waals surface area contributed by atoms with E-state index in [1.54, 1.807) is 22.5 Å². The number of rotatable bonds is 8. The van der Waals surface area contributed by atoms with E-state index >= 15 is 0 Å². The Bertz CT molecular complexity index is 1530. The number of morpholine rings is 1. The number of pyridine rings is 1. The van der Waals surface area contributed by atoms with Crippen molar-refractivity contribution < 1.29 is 23.8 Å². The lowest BCUT2D eigenvalue weighted by Crippen LogP contribution is -2.41. The summed E-state index contributed by atoms with van der Waals surface area (Å²) in [6.45, 7) is 2.32. The van der Waals surface area contributed by atoms with Crippen LogP contribution < -0.4 is 20.1 Å². The molecule has 5 rings (SSSR count). The van der Waals surface area contributed by atoms with Crippen LogP contribution in [0.3, 0.4) is 0 Å². The summed E-state index contributed by atoms with van der Waals surface area (Å²) in [5.41, 5.74) is 1.71. The molecular weight excluding hydrogens is 579 g/mol. The minimum absolute atomic E-state index is 0.0441. The van der Waals surface area contributed by atoms with Crippen LogP contribution in [0.2, 0.25) is 10.0 Å². The summed E-state index contributed by atoms with van der Waals surface area (Å²) in [5, 5.41) is 7.87. The third-order valence-corrected chi connectivity index (χ3v) is 7.93. The molecule has 1 aliphatic heterocycles. The van der Waals surface area contributed by atoms with Gasteiger partial charge in [-0.05, 0) is 11.6 Å². The van der Waals surface area contributed by atoms with Crippen molar-refractivity contribution in [2.75, 3.05) is 51.2 Å². The number of halogens is 2. The summed E-state index contributed by atoms with van der Waals surface area (Å²) in [6.07, 6.45) is 3.28. The highest BCUT2D eigenvalue weighted by Gasteiger charge is 2.23. The molecule has 2 N–H and O–H groups in total. The minimum Gasteiger partial charge on any atom is -0.495 e. The van der Waals surface area contributed by atoms with E-state index in [0.717, 1.165) is 5.56 Å². The van der Waals surface area contributed by atoms with Crippen molar-refractivity contribution in [1.82, 2.24) is 19.9 Å². The Morgan fingerprint density at radius 2 is 1.80 bits per heavy atom. The van der Waals surface area contributed by atoms with Crippen LogP contribution >= 0.6 is 34.5 Å². The number of fused-ring (bicyclic) bond motifs is 1. The minimum atomic E-state index is -0.470. The first-order valence-corrected chi connectivity index (χ1v) is 13.7. The molecule has 0 bridgehead atoms. The van der Waals surface area contributed by atoms with Gasteiger partial charge in [0, 0.05) is 30.7 Å². The second kappa shape index (κ2) is 12.2. The number of amides is 2. The molecule has 1 fully saturated rings. The van der Waals surface area contributed by atoms with Crippen molar-refractivity contribution >= 4 is 73.9 Å². The van der Waals surface area contributed by atoms with Gasteiger partial charge in [0.25, 0.3) is 5.91 Å². The fourth-order valence-electron chi connectivity index (χ4n) is 4.10. The quantitative estimate of drug-likeness (QED) is 0.292. The van der Waals surface area contributed by atoms with E-state index in [1.807, 2.05) is 6.07 Å². The van der Waals surface area contributed by atoms with E-state index in [-0.39, 0.29) is 28.1 Å². The zero-order valence-electron chi connectivity index (χ0n) is 21.5. The normalized spacial score (nSPS) is 13.2. The third kappa shape index (κ3) is 5.75. The van der Waals surface area contributed by atoms with Crippen molar-refractivity contribution in [3.8, 4) is 11.5 Å². The van der Waals surface area contributed by atoms with Gasteiger partial charge in [0.1, 0.15) is 33.7 Å². The number of hydrogen-bond donors (Lipinski definition) is 2. The lowest BCUT2D eigenvalue weighted by Gasteiger charge is -2.26. The summed E-state index contributed by atoms with van der Waals surface area (Å²) in [7, 11) is 2.90. The molecule has 4 aromatic rings. The van der Waals surface area contributed by atoms with Crippen molar-refractivity contribution in [2.24, 2.45) is 0 Å². The van der Waals surface area contributed by atoms with Crippen LogP contribution in [0.25, 0.3) is 10.2 Å². The second-order valence-corrected chi connectivity index (χ2v) is 10.3. The van der Waals surface area contributed by atoms with Crippen LogP contribution in [-0.4, -0.2) is 72.2 Å². The Kier molecular flexibility index (Phi) is 8.50. The van der Waals surface area contributed by atoms with Crippen molar-refractivity contribution in [3.63, 3.8) is 0 Å². The summed E-state index contributed by atoms with van der Waals surface area (Å²) in [6, 6.07) is 5.15. The average molecular weight is 603 g/mol. The molecule has 1 aromatic carbocycles. The number of ether oxygens (including phenoxy) is 3. The Morgan fingerprint density at radius 3 is 2.45 bits per heavy atom. The van der Waals surface area contributed by atoms with E-state index in [4.69, 9.17) is 37.4 Å². The molecular formula is C26H24Cl2N6O5S. The Morgan fingerprint density at radius 1 is 1.07 bits per heavy atom. The van der Waals surface area contributed by atoms with Crippen LogP contribution in [0.15, 0.2) is 36.1 Å². The largest absolute Gasteiger partial charge is 0.495 e. The second-order valence-electron chi connectivity index (χ2n) is 8.63. The highest BCUT2D eigenvalue weighted by molar-refractivity contribution is 7.18. The average Bonchev–Trinajstić information content (AvgIpc) is 3.42. The van der Waals surface area contributed by atoms with Gasteiger partial charge in [-0.1, -0.05) is 29.3 Å². The lowest BCUT2D eigenvalue weighted by atomic mass is 10.2. The van der Waals surface area contributed by atoms with Crippen molar-refractivity contribution in [1.29, 1.82) is 0 Å². The monoisotopic (exact) mass is 602 g/mol. The summed E-state index contributed by atoms with van der Waals surface area (Å²) in [5.74, 6) is 1.18. The maximum absolute atomic E-state index is 13.3. The van der Waals surface area contributed by atoms with Crippen LogP contribution in [0, 0.1) is 0 Å². The van der Waals surface area contributed by atoms with Crippen molar-refractivity contribution in [2.45, 2.75) is 6.42 Å². The topological polar surface area (TPSA) is 128 Å². The highest BCUT2D eigenvalue weighted by Crippen LogP contribution is 2.44. The number of methoxy groups -OCH3 is 2. The molecule has 0 radical (unpaired) electrons. The van der Waals surface area contributed by atoms with Gasteiger partial charge in [0.15, 0.2) is 5.82 Å². The van der Waals surface area contributed by atoms with Gasteiger partial charge >= 0.3 is 0 Å². The molecule has 40 heavy (non-hydrogen) atoms. The molecule has 208 valence electrons. The number of hydrogen-bond acceptors (Lipinski definition) is 10. The van der Waals surface area contributed by atoms with Crippen LogP contribution in [-0.2, 0) is 16.0 Å². The molecule has 1 saturated heterocycles. The van der Waals surface area contributed by atoms with E-state index in [0.29, 0.717) is 65.2 Å². The van der Waals surface area contributed by atoms with E-state index in [1.165, 1.54) is 38.0 Å². The Labute approximate surface area is 243 Å². The standard InChI is InChI=1S/C26H24Cl2N6O5S/c1-37-16-10-17(38-2)21(28)23(20(16)27)33-26(36)15-12-40-24-22(15)30-13-31-25(24)32-18-4-3-14(11-29-18)9-19(35)34-5-7-39-8-6-34/h3-4,10-13H,5-9H2,1-2H3,(H,33,36)(H,29,30,31,32). The first kappa shape index (κ1) is 27.8. The first-order chi connectivity index (χ1) is 19.4. The van der Waals surface area contributed by atoms with Gasteiger partial charge in [-0.25, -0.2) is 15.0 Å². The van der Waals surface area contributed by atoms with Gasteiger partial charge in [-0.2, -0.15) is 0 Å². The number of nitrogens with one attached hydrogen (secondary N) is 2. The van der Waals surface area contributed by atoms with Crippen LogP contribution in [0.1, 0.15) is 15.9 Å². The number of nitrogens with zero attached hydrogens (tertiary/aromatic N) is 4. The first-order valence-electron chi connectivity index (χ1n) is 12.1. The van der Waals surface area contributed by atoms with Crippen LogP contribution in [0.4, 0.5) is 17.3 Å². The maximum atomic E-state index is 13.3. The number of benzene rings is 1.